The zero-order valence-electron chi connectivity index (χ0n) is 8.77. The topological polar surface area (TPSA) is 24.9 Å². The van der Waals surface area contributed by atoms with Crippen LogP contribution >= 0.6 is 0 Å². The van der Waals surface area contributed by atoms with Crippen molar-refractivity contribution in [1.82, 2.24) is 4.98 Å². The maximum atomic E-state index is 4.01. The minimum absolute atomic E-state index is 0.956. The second kappa shape index (κ2) is 4.60. The minimum Gasteiger partial charge on any atom is -0.388 e. The fraction of sp³-hybridized carbons (Fsp3) is 0.154. The van der Waals surface area contributed by atoms with Gasteiger partial charge in [-0.2, -0.15) is 0 Å². The van der Waals surface area contributed by atoms with Crippen LogP contribution in [-0.4, -0.2) is 12.0 Å². The highest BCUT2D eigenvalue weighted by Gasteiger charge is 1.96. The molecule has 2 aromatic rings. The molecule has 0 saturated carbocycles. The molecule has 0 atom stereocenters. The first-order chi connectivity index (χ1) is 7.38. The first kappa shape index (κ1) is 9.71. The first-order valence-electron chi connectivity index (χ1n) is 5.04. The third kappa shape index (κ3) is 2.56. The fourth-order valence-electron chi connectivity index (χ4n) is 1.57. The molecule has 0 spiro atoms. The number of hydrogen-bond acceptors (Lipinski definition) is 2. The van der Waals surface area contributed by atoms with Crippen LogP contribution in [0.4, 0.5) is 5.69 Å². The summed E-state index contributed by atoms with van der Waals surface area (Å²) in [5.41, 5.74) is 3.76. The minimum atomic E-state index is 0.956. The van der Waals surface area contributed by atoms with Gasteiger partial charge in [0.2, 0.25) is 0 Å². The van der Waals surface area contributed by atoms with Crippen LogP contribution < -0.4 is 5.32 Å². The Morgan fingerprint density at radius 3 is 2.60 bits per heavy atom. The van der Waals surface area contributed by atoms with Gasteiger partial charge in [0.15, 0.2) is 0 Å². The lowest BCUT2D eigenvalue weighted by molar-refractivity contribution is 1.16. The van der Waals surface area contributed by atoms with Crippen LogP contribution in [0.25, 0.3) is 0 Å². The molecule has 1 heterocycles. The Hall–Kier alpha value is -1.83. The summed E-state index contributed by atoms with van der Waals surface area (Å²) in [4.78, 5) is 4.01. The van der Waals surface area contributed by atoms with E-state index in [1.165, 1.54) is 11.1 Å². The molecule has 0 saturated heterocycles. The summed E-state index contributed by atoms with van der Waals surface area (Å²) < 4.78 is 0. The molecule has 2 rings (SSSR count). The molecule has 1 aromatic heterocycles. The van der Waals surface area contributed by atoms with Gasteiger partial charge in [0.25, 0.3) is 0 Å². The first-order valence-corrected chi connectivity index (χ1v) is 5.04. The summed E-state index contributed by atoms with van der Waals surface area (Å²) >= 11 is 0. The maximum Gasteiger partial charge on any atom is 0.0340 e. The molecule has 2 nitrogen and oxygen atoms in total. The van der Waals surface area contributed by atoms with E-state index in [-0.39, 0.29) is 0 Å². The van der Waals surface area contributed by atoms with Gasteiger partial charge >= 0.3 is 0 Å². The SMILES string of the molecule is CNc1cccc(Cc2ccncc2)c1. The normalized spacial score (nSPS) is 9.93. The zero-order valence-corrected chi connectivity index (χ0v) is 8.77. The lowest BCUT2D eigenvalue weighted by Crippen LogP contribution is -1.92. The molecule has 2 heteroatoms. The van der Waals surface area contributed by atoms with Gasteiger partial charge in [-0.3, -0.25) is 4.98 Å². The van der Waals surface area contributed by atoms with Crippen molar-refractivity contribution in [3.63, 3.8) is 0 Å². The molecular weight excluding hydrogens is 184 g/mol. The van der Waals surface area contributed by atoms with Crippen molar-refractivity contribution < 1.29 is 0 Å². The zero-order chi connectivity index (χ0) is 10.5. The monoisotopic (exact) mass is 198 g/mol. The molecule has 76 valence electrons. The van der Waals surface area contributed by atoms with E-state index in [0.717, 1.165) is 12.1 Å². The van der Waals surface area contributed by atoms with Crippen molar-refractivity contribution >= 4 is 5.69 Å². The largest absolute Gasteiger partial charge is 0.388 e. The van der Waals surface area contributed by atoms with Crippen molar-refractivity contribution in [3.05, 3.63) is 59.9 Å². The average molecular weight is 198 g/mol. The predicted octanol–water partition coefficient (Wildman–Crippen LogP) is 2.71. The molecule has 15 heavy (non-hydrogen) atoms. The highest BCUT2D eigenvalue weighted by Crippen LogP contribution is 2.13. The van der Waals surface area contributed by atoms with Crippen LogP contribution in [0.2, 0.25) is 0 Å². The van der Waals surface area contributed by atoms with Crippen LogP contribution in [0.5, 0.6) is 0 Å². The summed E-state index contributed by atoms with van der Waals surface area (Å²) in [7, 11) is 1.94. The third-order valence-electron chi connectivity index (χ3n) is 2.37. The van der Waals surface area contributed by atoms with E-state index in [2.05, 4.69) is 34.6 Å². The lowest BCUT2D eigenvalue weighted by atomic mass is 10.1. The molecule has 0 aliphatic rings. The Morgan fingerprint density at radius 1 is 1.07 bits per heavy atom. The molecule has 0 aliphatic carbocycles. The number of nitrogens with zero attached hydrogens (tertiary/aromatic N) is 1. The quantitative estimate of drug-likeness (QED) is 0.820. The molecule has 0 unspecified atom stereocenters. The number of pyridine rings is 1. The van der Waals surface area contributed by atoms with Crippen molar-refractivity contribution in [3.8, 4) is 0 Å². The van der Waals surface area contributed by atoms with Gasteiger partial charge in [-0.05, 0) is 41.8 Å². The fourth-order valence-corrected chi connectivity index (χ4v) is 1.57. The second-order valence-corrected chi connectivity index (χ2v) is 3.48. The number of benzene rings is 1. The van der Waals surface area contributed by atoms with E-state index >= 15 is 0 Å². The van der Waals surface area contributed by atoms with E-state index in [1.807, 2.05) is 31.6 Å². The molecule has 0 fully saturated rings. The highest BCUT2D eigenvalue weighted by atomic mass is 14.8. The number of nitrogens with one attached hydrogen (secondary N) is 1. The smallest absolute Gasteiger partial charge is 0.0340 e. The molecular formula is C13H14N2. The Bertz CT molecular complexity index is 424. The molecule has 1 N–H and O–H groups in total. The Kier molecular flexibility index (Phi) is 2.98. The summed E-state index contributed by atoms with van der Waals surface area (Å²) in [5, 5.41) is 3.14. The van der Waals surface area contributed by atoms with E-state index in [1.54, 1.807) is 0 Å². The van der Waals surface area contributed by atoms with Crippen LogP contribution in [0, 0.1) is 0 Å². The Balaban J connectivity index is 2.17. The average Bonchev–Trinajstić information content (AvgIpc) is 2.31. The van der Waals surface area contributed by atoms with E-state index < -0.39 is 0 Å². The van der Waals surface area contributed by atoms with Crippen molar-refractivity contribution in [1.29, 1.82) is 0 Å². The summed E-state index contributed by atoms with van der Waals surface area (Å²) in [5.74, 6) is 0. The van der Waals surface area contributed by atoms with Gasteiger partial charge in [-0.25, -0.2) is 0 Å². The van der Waals surface area contributed by atoms with Crippen LogP contribution in [0.1, 0.15) is 11.1 Å². The highest BCUT2D eigenvalue weighted by molar-refractivity contribution is 5.45. The van der Waals surface area contributed by atoms with Crippen molar-refractivity contribution in [2.45, 2.75) is 6.42 Å². The summed E-state index contributed by atoms with van der Waals surface area (Å²) in [6.07, 6.45) is 4.62. The molecule has 1 aromatic carbocycles. The summed E-state index contributed by atoms with van der Waals surface area (Å²) in [6, 6.07) is 12.5. The second-order valence-electron chi connectivity index (χ2n) is 3.48. The van der Waals surface area contributed by atoms with Crippen LogP contribution in [-0.2, 0) is 6.42 Å². The molecule has 0 radical (unpaired) electrons. The maximum absolute atomic E-state index is 4.01. The van der Waals surface area contributed by atoms with Gasteiger partial charge in [0.05, 0.1) is 0 Å². The lowest BCUT2D eigenvalue weighted by Gasteiger charge is -2.04. The number of hydrogen-bond donors (Lipinski definition) is 1. The Labute approximate surface area is 90.0 Å². The molecule has 0 aliphatic heterocycles. The molecule has 0 bridgehead atoms. The van der Waals surface area contributed by atoms with E-state index in [0.29, 0.717) is 0 Å². The van der Waals surface area contributed by atoms with Gasteiger partial charge in [-0.15, -0.1) is 0 Å². The van der Waals surface area contributed by atoms with Gasteiger partial charge in [0.1, 0.15) is 0 Å². The van der Waals surface area contributed by atoms with Gasteiger partial charge in [-0.1, -0.05) is 12.1 Å². The van der Waals surface area contributed by atoms with Crippen LogP contribution in [0.15, 0.2) is 48.8 Å². The number of anilines is 1. The standard InChI is InChI=1S/C13H14N2/c1-14-13-4-2-3-12(10-13)9-11-5-7-15-8-6-11/h2-8,10,14H,9H2,1H3. The van der Waals surface area contributed by atoms with E-state index in [9.17, 15) is 0 Å². The number of rotatable bonds is 3. The predicted molar refractivity (Wildman–Crippen MR) is 63.0 cm³/mol. The van der Waals surface area contributed by atoms with E-state index in [4.69, 9.17) is 0 Å². The van der Waals surface area contributed by atoms with Gasteiger partial charge < -0.3 is 5.32 Å². The van der Waals surface area contributed by atoms with Crippen molar-refractivity contribution in [2.75, 3.05) is 12.4 Å². The third-order valence-corrected chi connectivity index (χ3v) is 2.37. The van der Waals surface area contributed by atoms with Crippen LogP contribution in [0.3, 0.4) is 0 Å². The summed E-state index contributed by atoms with van der Waals surface area (Å²) in [6.45, 7) is 0. The molecule has 0 amide bonds. The number of aromatic nitrogens is 1. The van der Waals surface area contributed by atoms with Crippen molar-refractivity contribution in [2.24, 2.45) is 0 Å². The van der Waals surface area contributed by atoms with Gasteiger partial charge in [0, 0.05) is 25.1 Å². The Morgan fingerprint density at radius 2 is 1.87 bits per heavy atom.